The molecule has 0 unspecified atom stereocenters. The highest BCUT2D eigenvalue weighted by molar-refractivity contribution is 7.99. The van der Waals surface area contributed by atoms with Gasteiger partial charge in [-0.15, -0.1) is 0 Å². The lowest BCUT2D eigenvalue weighted by Crippen LogP contribution is -1.96. The highest BCUT2D eigenvalue weighted by Gasteiger charge is 2.24. The van der Waals surface area contributed by atoms with E-state index in [2.05, 4.69) is 203 Å². The number of nitrogens with zero attached hydrogens (tertiary/aromatic N) is 2. The molecule has 0 amide bonds. The second-order valence-electron chi connectivity index (χ2n) is 14.5. The summed E-state index contributed by atoms with van der Waals surface area (Å²) in [5.41, 5.74) is 14.6. The standard InChI is InChI=1S/C52H32N2S/c1-3-13-33(14-4-1)36-25-27-40-39-19-7-9-22-45(39)54(47(40)31-36)38-18-11-15-34(29-38)35-26-28-46-44(30-35)51-42-21-12-24-50-52(42)43(41-20-8-10-23-49(41)55-50)32-48(51)53(46)37-16-5-2-6-17-37/h1-32H. The van der Waals surface area contributed by atoms with Gasteiger partial charge in [0.1, 0.15) is 0 Å². The molecule has 0 saturated heterocycles. The molecule has 0 fully saturated rings. The van der Waals surface area contributed by atoms with Gasteiger partial charge in [-0.3, -0.25) is 0 Å². The van der Waals surface area contributed by atoms with Gasteiger partial charge in [0.2, 0.25) is 0 Å². The van der Waals surface area contributed by atoms with Crippen molar-refractivity contribution in [2.45, 2.75) is 9.79 Å². The van der Waals surface area contributed by atoms with Gasteiger partial charge in [-0.25, -0.2) is 0 Å². The van der Waals surface area contributed by atoms with Crippen molar-refractivity contribution < 1.29 is 0 Å². The van der Waals surface area contributed by atoms with E-state index in [9.17, 15) is 0 Å². The molecular formula is C52H32N2S. The lowest BCUT2D eigenvalue weighted by Gasteiger charge is -2.21. The molecular weight excluding hydrogens is 685 g/mol. The number of rotatable bonds is 4. The molecule has 12 rings (SSSR count). The predicted octanol–water partition coefficient (Wildman–Crippen LogP) is 14.5. The molecule has 0 bridgehead atoms. The first-order valence-corrected chi connectivity index (χ1v) is 19.7. The van der Waals surface area contributed by atoms with E-state index in [1.165, 1.54) is 103 Å². The highest BCUT2D eigenvalue weighted by Crippen LogP contribution is 2.51. The SMILES string of the molecule is c1ccc(-c2ccc3c4ccccc4n(-c4cccc(-c5ccc6c(c5)c5c7cccc8c7c(cc5n6-c5ccccc5)-c5ccccc5S8)c4)c3c2)cc1. The highest BCUT2D eigenvalue weighted by atomic mass is 32.2. The molecule has 55 heavy (non-hydrogen) atoms. The normalized spacial score (nSPS) is 12.3. The molecule has 2 nitrogen and oxygen atoms in total. The summed E-state index contributed by atoms with van der Waals surface area (Å²) in [6.07, 6.45) is 0. The molecule has 3 heterocycles. The molecule has 0 radical (unpaired) electrons. The van der Waals surface area contributed by atoms with Crippen molar-refractivity contribution in [3.8, 4) is 44.8 Å². The zero-order valence-corrected chi connectivity index (χ0v) is 30.6. The maximum atomic E-state index is 2.46. The van der Waals surface area contributed by atoms with Gasteiger partial charge in [-0.05, 0) is 105 Å². The van der Waals surface area contributed by atoms with Crippen LogP contribution in [0.2, 0.25) is 0 Å². The largest absolute Gasteiger partial charge is 0.309 e. The Morgan fingerprint density at radius 1 is 0.291 bits per heavy atom. The average Bonchev–Trinajstić information content (AvgIpc) is 3.76. The minimum atomic E-state index is 1.15. The van der Waals surface area contributed by atoms with Crippen LogP contribution in [0.3, 0.4) is 0 Å². The van der Waals surface area contributed by atoms with Gasteiger partial charge < -0.3 is 9.13 Å². The molecule has 256 valence electrons. The fourth-order valence-electron chi connectivity index (χ4n) is 9.07. The van der Waals surface area contributed by atoms with Crippen LogP contribution in [0.5, 0.6) is 0 Å². The maximum Gasteiger partial charge on any atom is 0.0553 e. The van der Waals surface area contributed by atoms with Gasteiger partial charge in [0.25, 0.3) is 0 Å². The van der Waals surface area contributed by atoms with Crippen molar-refractivity contribution >= 4 is 66.1 Å². The Bertz CT molecular complexity index is 3330. The average molecular weight is 717 g/mol. The molecule has 3 heteroatoms. The summed E-state index contributed by atoms with van der Waals surface area (Å²) in [5.74, 6) is 0. The van der Waals surface area contributed by atoms with E-state index < -0.39 is 0 Å². The Balaban J connectivity index is 1.10. The van der Waals surface area contributed by atoms with E-state index in [0.717, 1.165) is 5.69 Å². The summed E-state index contributed by atoms with van der Waals surface area (Å²) in [4.78, 5) is 2.63. The zero-order chi connectivity index (χ0) is 36.0. The van der Waals surface area contributed by atoms with E-state index in [1.807, 2.05) is 11.8 Å². The molecule has 9 aromatic carbocycles. The molecule has 1 aliphatic rings. The molecule has 1 aliphatic heterocycles. The number of fused-ring (bicyclic) bond motifs is 9. The van der Waals surface area contributed by atoms with Gasteiger partial charge in [0, 0.05) is 48.1 Å². The summed E-state index contributed by atoms with van der Waals surface area (Å²) in [5, 5.41) is 7.73. The van der Waals surface area contributed by atoms with E-state index in [1.54, 1.807) is 0 Å². The number of hydrogen-bond donors (Lipinski definition) is 0. The van der Waals surface area contributed by atoms with Crippen molar-refractivity contribution in [2.75, 3.05) is 0 Å². The third kappa shape index (κ3) is 4.57. The molecule has 0 N–H and O–H groups in total. The van der Waals surface area contributed by atoms with Crippen LogP contribution in [0, 0.1) is 0 Å². The first-order valence-electron chi connectivity index (χ1n) is 18.8. The minimum Gasteiger partial charge on any atom is -0.309 e. The summed E-state index contributed by atoms with van der Waals surface area (Å²) in [6, 6.07) is 71.4. The lowest BCUT2D eigenvalue weighted by atomic mass is 9.93. The quantitative estimate of drug-likeness (QED) is 0.176. The zero-order valence-electron chi connectivity index (χ0n) is 29.8. The van der Waals surface area contributed by atoms with Gasteiger partial charge in [-0.2, -0.15) is 0 Å². The Kier molecular flexibility index (Phi) is 6.60. The Morgan fingerprint density at radius 2 is 0.909 bits per heavy atom. The van der Waals surface area contributed by atoms with Crippen LogP contribution in [0.1, 0.15) is 0 Å². The first-order chi connectivity index (χ1) is 27.3. The van der Waals surface area contributed by atoms with Gasteiger partial charge in [-0.1, -0.05) is 139 Å². The predicted molar refractivity (Wildman–Crippen MR) is 233 cm³/mol. The van der Waals surface area contributed by atoms with Crippen LogP contribution in [-0.2, 0) is 0 Å². The van der Waals surface area contributed by atoms with Crippen molar-refractivity contribution in [2.24, 2.45) is 0 Å². The van der Waals surface area contributed by atoms with Crippen LogP contribution in [0.15, 0.2) is 204 Å². The Morgan fingerprint density at radius 3 is 1.82 bits per heavy atom. The van der Waals surface area contributed by atoms with Crippen molar-refractivity contribution in [3.63, 3.8) is 0 Å². The molecule has 0 spiro atoms. The van der Waals surface area contributed by atoms with E-state index in [0.29, 0.717) is 0 Å². The second-order valence-corrected chi connectivity index (χ2v) is 15.6. The number of hydrogen-bond acceptors (Lipinski definition) is 1. The number of benzene rings is 9. The van der Waals surface area contributed by atoms with Crippen LogP contribution in [0.4, 0.5) is 0 Å². The van der Waals surface area contributed by atoms with E-state index in [4.69, 9.17) is 0 Å². The Hall–Kier alpha value is -6.81. The summed E-state index contributed by atoms with van der Waals surface area (Å²) in [7, 11) is 0. The van der Waals surface area contributed by atoms with Crippen molar-refractivity contribution in [1.82, 2.24) is 9.13 Å². The maximum absolute atomic E-state index is 2.46. The van der Waals surface area contributed by atoms with Gasteiger partial charge in [0.15, 0.2) is 0 Å². The summed E-state index contributed by atoms with van der Waals surface area (Å²) >= 11 is 1.88. The number of para-hydroxylation sites is 2. The molecule has 0 aliphatic carbocycles. The van der Waals surface area contributed by atoms with Gasteiger partial charge >= 0.3 is 0 Å². The van der Waals surface area contributed by atoms with E-state index >= 15 is 0 Å². The summed E-state index contributed by atoms with van der Waals surface area (Å²) < 4.78 is 4.89. The Labute approximate surface area is 322 Å². The second kappa shape index (κ2) is 11.8. The smallest absolute Gasteiger partial charge is 0.0553 e. The number of aromatic nitrogens is 2. The van der Waals surface area contributed by atoms with Crippen LogP contribution in [-0.4, -0.2) is 9.13 Å². The molecule has 0 saturated carbocycles. The topological polar surface area (TPSA) is 9.86 Å². The van der Waals surface area contributed by atoms with Gasteiger partial charge in [0.05, 0.1) is 22.1 Å². The summed E-state index contributed by atoms with van der Waals surface area (Å²) in [6.45, 7) is 0. The van der Waals surface area contributed by atoms with Crippen molar-refractivity contribution in [1.29, 1.82) is 0 Å². The molecule has 2 aromatic heterocycles. The molecule has 11 aromatic rings. The van der Waals surface area contributed by atoms with Crippen LogP contribution < -0.4 is 0 Å². The van der Waals surface area contributed by atoms with Crippen LogP contribution >= 0.6 is 11.8 Å². The fourth-order valence-corrected chi connectivity index (χ4v) is 10.2. The third-order valence-corrected chi connectivity index (χ3v) is 12.6. The molecule has 0 atom stereocenters. The van der Waals surface area contributed by atoms with Crippen molar-refractivity contribution in [3.05, 3.63) is 194 Å². The minimum absolute atomic E-state index is 1.15. The lowest BCUT2D eigenvalue weighted by molar-refractivity contribution is 1.18. The monoisotopic (exact) mass is 716 g/mol. The third-order valence-electron chi connectivity index (χ3n) is 11.5. The van der Waals surface area contributed by atoms with E-state index in [-0.39, 0.29) is 0 Å². The fraction of sp³-hybridized carbons (Fsp3) is 0. The van der Waals surface area contributed by atoms with Crippen LogP contribution in [0.25, 0.3) is 99.1 Å². The first kappa shape index (κ1) is 30.6.